The molecule has 0 N–H and O–H groups in total. The second-order valence-corrected chi connectivity index (χ2v) is 7.58. The molecule has 2 heteroatoms. The first-order valence-corrected chi connectivity index (χ1v) is 9.25. The molecule has 2 aliphatic carbocycles. The lowest BCUT2D eigenvalue weighted by molar-refractivity contribution is 0.409. The van der Waals surface area contributed by atoms with Crippen LogP contribution >= 0.6 is 0 Å². The molecule has 2 aromatic carbocycles. The monoisotopic (exact) mass is 346 g/mol. The summed E-state index contributed by atoms with van der Waals surface area (Å²) in [5.41, 5.74) is 8.29. The Morgan fingerprint density at radius 3 is 1.54 bits per heavy atom. The highest BCUT2D eigenvalue weighted by Crippen LogP contribution is 2.51. The summed E-state index contributed by atoms with van der Waals surface area (Å²) < 4.78 is 11.0. The fourth-order valence-corrected chi connectivity index (χ4v) is 4.91. The van der Waals surface area contributed by atoms with E-state index in [-0.39, 0.29) is 0 Å². The van der Waals surface area contributed by atoms with E-state index in [4.69, 9.17) is 9.47 Å². The van der Waals surface area contributed by atoms with E-state index in [1.54, 1.807) is 14.2 Å². The molecule has 4 rings (SSSR count). The summed E-state index contributed by atoms with van der Waals surface area (Å²) in [6.07, 6.45) is 4.66. The van der Waals surface area contributed by atoms with Gasteiger partial charge in [0.25, 0.3) is 0 Å². The van der Waals surface area contributed by atoms with Gasteiger partial charge in [-0.15, -0.1) is 0 Å². The largest absolute Gasteiger partial charge is 0.497 e. The van der Waals surface area contributed by atoms with Gasteiger partial charge in [0.05, 0.1) is 14.2 Å². The molecule has 0 saturated heterocycles. The molecule has 2 nitrogen and oxygen atoms in total. The maximum Gasteiger partial charge on any atom is 0.119 e. The minimum absolute atomic E-state index is 0.408. The number of hydrogen-bond acceptors (Lipinski definition) is 2. The van der Waals surface area contributed by atoms with E-state index in [1.165, 1.54) is 33.4 Å². The average molecular weight is 346 g/mol. The third-order valence-electron chi connectivity index (χ3n) is 6.06. The van der Waals surface area contributed by atoms with Crippen molar-refractivity contribution >= 4 is 12.2 Å². The van der Waals surface area contributed by atoms with Gasteiger partial charge in [-0.2, -0.15) is 0 Å². The number of benzene rings is 2. The summed E-state index contributed by atoms with van der Waals surface area (Å²) in [7, 11) is 3.48. The second-order valence-electron chi connectivity index (χ2n) is 7.58. The van der Waals surface area contributed by atoms with Gasteiger partial charge in [0, 0.05) is 11.8 Å². The van der Waals surface area contributed by atoms with Crippen molar-refractivity contribution < 1.29 is 9.47 Å². The number of allylic oxidation sites excluding steroid dienone is 2. The smallest absolute Gasteiger partial charge is 0.119 e. The van der Waals surface area contributed by atoms with Gasteiger partial charge in [-0.25, -0.2) is 0 Å². The summed E-state index contributed by atoms with van der Waals surface area (Å²) in [5, 5.41) is 0. The van der Waals surface area contributed by atoms with Crippen molar-refractivity contribution in [1.82, 2.24) is 0 Å². The van der Waals surface area contributed by atoms with Crippen LogP contribution in [0.5, 0.6) is 11.5 Å². The van der Waals surface area contributed by atoms with Crippen molar-refractivity contribution in [2.24, 2.45) is 5.92 Å². The normalized spacial score (nSPS) is 21.6. The predicted molar refractivity (Wildman–Crippen MR) is 108 cm³/mol. The fraction of sp³-hybridized carbons (Fsp3) is 0.333. The van der Waals surface area contributed by atoms with E-state index in [2.05, 4.69) is 69.3 Å². The van der Waals surface area contributed by atoms with Gasteiger partial charge in [0.2, 0.25) is 0 Å². The molecule has 2 atom stereocenters. The number of hydrogen-bond donors (Lipinski definition) is 0. The molecule has 0 aliphatic heterocycles. The Morgan fingerprint density at radius 1 is 0.731 bits per heavy atom. The molecule has 2 aromatic rings. The predicted octanol–water partition coefficient (Wildman–Crippen LogP) is 6.04. The molecular weight excluding hydrogens is 320 g/mol. The average Bonchev–Trinajstić information content (AvgIpc) is 3.14. The molecule has 0 fully saturated rings. The SMILES string of the molecule is COc1ccc2c(c1)C(C(C)C1C(C)=Cc3ccc(OC)cc31)C(C)=C2. The number of methoxy groups -OCH3 is 2. The molecule has 0 spiro atoms. The van der Waals surface area contributed by atoms with Crippen molar-refractivity contribution in [3.8, 4) is 11.5 Å². The first-order chi connectivity index (χ1) is 12.5. The molecule has 0 bridgehead atoms. The second kappa shape index (κ2) is 6.35. The van der Waals surface area contributed by atoms with Gasteiger partial charge >= 0.3 is 0 Å². The van der Waals surface area contributed by atoms with Crippen molar-refractivity contribution in [1.29, 1.82) is 0 Å². The van der Waals surface area contributed by atoms with E-state index >= 15 is 0 Å². The van der Waals surface area contributed by atoms with Crippen LogP contribution in [-0.2, 0) is 0 Å². The highest BCUT2D eigenvalue weighted by atomic mass is 16.5. The minimum Gasteiger partial charge on any atom is -0.497 e. The molecule has 2 aliphatic rings. The van der Waals surface area contributed by atoms with Crippen LogP contribution in [-0.4, -0.2) is 14.2 Å². The van der Waals surface area contributed by atoms with Crippen LogP contribution < -0.4 is 9.47 Å². The van der Waals surface area contributed by atoms with E-state index in [0.29, 0.717) is 17.8 Å². The number of ether oxygens (including phenoxy) is 2. The van der Waals surface area contributed by atoms with Crippen LogP contribution in [0.2, 0.25) is 0 Å². The highest BCUT2D eigenvalue weighted by Gasteiger charge is 2.36. The Hall–Kier alpha value is -2.48. The standard InChI is InChI=1S/C24H26O2/c1-14-10-17-6-8-19(25-4)12-21(17)23(14)16(3)24-15(2)11-18-7-9-20(26-5)13-22(18)24/h6-13,16,23-24H,1-5H3. The Morgan fingerprint density at radius 2 is 1.15 bits per heavy atom. The summed E-state index contributed by atoms with van der Waals surface area (Å²) in [4.78, 5) is 0. The molecule has 0 amide bonds. The maximum absolute atomic E-state index is 5.48. The van der Waals surface area contributed by atoms with E-state index in [1.807, 2.05) is 0 Å². The Balaban J connectivity index is 1.75. The third kappa shape index (κ3) is 2.56. The van der Waals surface area contributed by atoms with E-state index < -0.39 is 0 Å². The zero-order chi connectivity index (χ0) is 18.4. The Kier molecular flexibility index (Phi) is 4.14. The molecule has 134 valence electrons. The molecule has 0 saturated carbocycles. The van der Waals surface area contributed by atoms with E-state index in [0.717, 1.165) is 11.5 Å². The van der Waals surface area contributed by atoms with Crippen LogP contribution in [0.15, 0.2) is 47.5 Å². The van der Waals surface area contributed by atoms with E-state index in [9.17, 15) is 0 Å². The third-order valence-corrected chi connectivity index (χ3v) is 6.06. The summed E-state index contributed by atoms with van der Waals surface area (Å²) in [6.45, 7) is 6.90. The van der Waals surface area contributed by atoms with Gasteiger partial charge in [-0.05, 0) is 66.3 Å². The summed E-state index contributed by atoms with van der Waals surface area (Å²) in [5.74, 6) is 3.15. The van der Waals surface area contributed by atoms with Crippen LogP contribution in [0.25, 0.3) is 12.2 Å². The Labute approximate surface area is 156 Å². The lowest BCUT2D eigenvalue weighted by atomic mass is 9.73. The zero-order valence-corrected chi connectivity index (χ0v) is 16.2. The highest BCUT2D eigenvalue weighted by molar-refractivity contribution is 5.70. The summed E-state index contributed by atoms with van der Waals surface area (Å²) in [6, 6.07) is 12.9. The molecule has 0 aromatic heterocycles. The van der Waals surface area contributed by atoms with Crippen molar-refractivity contribution in [2.75, 3.05) is 14.2 Å². The summed E-state index contributed by atoms with van der Waals surface area (Å²) >= 11 is 0. The molecule has 2 unspecified atom stereocenters. The van der Waals surface area contributed by atoms with Crippen LogP contribution in [0.1, 0.15) is 54.9 Å². The first kappa shape index (κ1) is 17.0. The van der Waals surface area contributed by atoms with Gasteiger partial charge < -0.3 is 9.47 Å². The van der Waals surface area contributed by atoms with Crippen LogP contribution in [0.4, 0.5) is 0 Å². The first-order valence-electron chi connectivity index (χ1n) is 9.25. The molecule has 0 heterocycles. The lowest BCUT2D eigenvalue weighted by Gasteiger charge is -2.30. The lowest BCUT2D eigenvalue weighted by Crippen LogP contribution is -2.18. The van der Waals surface area contributed by atoms with Crippen LogP contribution in [0, 0.1) is 5.92 Å². The van der Waals surface area contributed by atoms with Gasteiger partial charge in [-0.1, -0.05) is 42.4 Å². The van der Waals surface area contributed by atoms with Crippen molar-refractivity contribution in [2.45, 2.75) is 32.6 Å². The number of fused-ring (bicyclic) bond motifs is 2. The maximum atomic E-state index is 5.48. The molecule has 0 radical (unpaired) electrons. The zero-order valence-electron chi connectivity index (χ0n) is 16.2. The van der Waals surface area contributed by atoms with Crippen molar-refractivity contribution in [3.63, 3.8) is 0 Å². The van der Waals surface area contributed by atoms with Gasteiger partial charge in [0.15, 0.2) is 0 Å². The van der Waals surface area contributed by atoms with Gasteiger partial charge in [-0.3, -0.25) is 0 Å². The van der Waals surface area contributed by atoms with Crippen molar-refractivity contribution in [3.05, 3.63) is 69.8 Å². The van der Waals surface area contributed by atoms with Crippen LogP contribution in [0.3, 0.4) is 0 Å². The van der Waals surface area contributed by atoms with Gasteiger partial charge in [0.1, 0.15) is 11.5 Å². The fourth-order valence-electron chi connectivity index (χ4n) is 4.91. The molecule has 26 heavy (non-hydrogen) atoms. The molecular formula is C24H26O2. The number of rotatable bonds is 4. The quantitative estimate of drug-likeness (QED) is 0.672. The minimum atomic E-state index is 0.408. The Bertz CT molecular complexity index is 844. The topological polar surface area (TPSA) is 18.5 Å².